The van der Waals surface area contributed by atoms with Crippen molar-refractivity contribution in [3.8, 4) is 0 Å². The smallest absolute Gasteiger partial charge is 0.256 e. The van der Waals surface area contributed by atoms with Gasteiger partial charge in [-0.25, -0.2) is 0 Å². The Morgan fingerprint density at radius 2 is 1.55 bits per heavy atom. The normalized spacial score (nSPS) is 31.8. The van der Waals surface area contributed by atoms with E-state index in [9.17, 15) is 4.79 Å². The number of nitrogens with zero attached hydrogens (tertiary/aromatic N) is 1. The van der Waals surface area contributed by atoms with Crippen molar-refractivity contribution < 1.29 is 9.22 Å². The maximum absolute atomic E-state index is 12.8. The molecule has 0 bridgehead atoms. The highest BCUT2D eigenvalue weighted by Gasteiger charge is 2.73. The summed E-state index contributed by atoms with van der Waals surface area (Å²) < 4.78 is 6.19. The van der Waals surface area contributed by atoms with E-state index >= 15 is 0 Å². The summed E-state index contributed by atoms with van der Waals surface area (Å²) in [6, 6.07) is 0. The van der Waals surface area contributed by atoms with Gasteiger partial charge in [-0.1, -0.05) is 33.9 Å². The highest BCUT2D eigenvalue weighted by molar-refractivity contribution is 7.08. The van der Waals surface area contributed by atoms with Crippen molar-refractivity contribution in [2.45, 2.75) is 85.2 Å². The topological polar surface area (TPSA) is 29.5 Å². The molecule has 20 heavy (non-hydrogen) atoms. The number of hydrogen-bond acceptors (Lipinski definition) is 2. The highest BCUT2D eigenvalue weighted by Crippen LogP contribution is 2.56. The second-order valence-corrected chi connectivity index (χ2v) is 14.4. The molecule has 0 aliphatic carbocycles. The first-order valence-electron chi connectivity index (χ1n) is 7.28. The number of carbonyl (C=O) groups is 1. The maximum atomic E-state index is 12.8. The summed E-state index contributed by atoms with van der Waals surface area (Å²) in [5.41, 5.74) is -1.21. The zero-order chi connectivity index (χ0) is 16.1. The summed E-state index contributed by atoms with van der Waals surface area (Å²) in [6.45, 7) is 21.5. The molecule has 1 rings (SSSR count). The van der Waals surface area contributed by atoms with E-state index in [1.807, 2.05) is 11.8 Å². The van der Waals surface area contributed by atoms with Crippen LogP contribution in [-0.4, -0.2) is 45.1 Å². The van der Waals surface area contributed by atoms with E-state index in [1.165, 1.54) is 0 Å². The molecule has 0 aromatic rings. The number of carbonyl (C=O) groups excluding carboxylic acids is 1. The fraction of sp³-hybridized carbons (Fsp3) is 0.933. The van der Waals surface area contributed by atoms with Gasteiger partial charge in [-0.15, -0.1) is 0 Å². The Labute approximate surface area is 128 Å². The van der Waals surface area contributed by atoms with Gasteiger partial charge in [0.15, 0.2) is 5.60 Å². The van der Waals surface area contributed by atoms with Gasteiger partial charge in [0, 0.05) is 5.54 Å². The lowest BCUT2D eigenvalue weighted by Gasteiger charge is -2.70. The molecule has 1 unspecified atom stereocenters. The molecule has 1 heterocycles. The molecule has 0 spiro atoms. The van der Waals surface area contributed by atoms with Crippen molar-refractivity contribution in [2.24, 2.45) is 5.41 Å². The van der Waals surface area contributed by atoms with Crippen LogP contribution in [0, 0.1) is 5.41 Å². The Bertz CT molecular complexity index is 398. The van der Waals surface area contributed by atoms with E-state index in [0.29, 0.717) is 9.28 Å². The molecule has 5 heteroatoms. The average molecular weight is 313 g/mol. The lowest BCUT2D eigenvalue weighted by molar-refractivity contribution is -0.241. The molecule has 0 aromatic carbocycles. The van der Waals surface area contributed by atoms with Crippen LogP contribution in [0.3, 0.4) is 0 Å². The summed E-state index contributed by atoms with van der Waals surface area (Å²) in [5, 5.41) is 0. The number of likely N-dealkylation sites (tertiary alicyclic amines) is 1. The zero-order valence-electron chi connectivity index (χ0n) is 14.8. The fourth-order valence-electron chi connectivity index (χ4n) is 3.16. The summed E-state index contributed by atoms with van der Waals surface area (Å²) in [7, 11) is -0.0214. The van der Waals surface area contributed by atoms with E-state index in [4.69, 9.17) is 4.43 Å². The third kappa shape index (κ3) is 2.42. The van der Waals surface area contributed by atoms with Crippen LogP contribution in [0.4, 0.5) is 0 Å². The first kappa shape index (κ1) is 17.9. The molecule has 1 fully saturated rings. The number of β-lactam (4-membered cyclic amide) rings is 1. The van der Waals surface area contributed by atoms with Crippen LogP contribution < -0.4 is 0 Å². The van der Waals surface area contributed by atoms with Crippen molar-refractivity contribution in [1.29, 1.82) is 0 Å². The summed E-state index contributed by atoms with van der Waals surface area (Å²) in [4.78, 5) is 14.9. The van der Waals surface area contributed by atoms with E-state index < -0.39 is 13.9 Å². The van der Waals surface area contributed by atoms with Gasteiger partial charge in [0.1, 0.15) is 0 Å². The van der Waals surface area contributed by atoms with Crippen molar-refractivity contribution in [3.63, 3.8) is 0 Å². The summed E-state index contributed by atoms with van der Waals surface area (Å²) >= 11 is 0. The monoisotopic (exact) mass is 312 g/mol. The Morgan fingerprint density at radius 3 is 1.85 bits per heavy atom. The molecule has 3 nitrogen and oxygen atoms in total. The van der Waals surface area contributed by atoms with Crippen LogP contribution in [0.1, 0.15) is 55.4 Å². The average Bonchev–Trinajstić information content (AvgIpc) is 2.22. The molecule has 1 saturated heterocycles. The van der Waals surface area contributed by atoms with E-state index in [-0.39, 0.29) is 22.4 Å². The number of hydrogen-bond donors (Lipinski definition) is 0. The molecule has 0 saturated carbocycles. The van der Waals surface area contributed by atoms with Crippen molar-refractivity contribution in [3.05, 3.63) is 0 Å². The van der Waals surface area contributed by atoms with Crippen molar-refractivity contribution in [1.82, 2.24) is 4.90 Å². The third-order valence-electron chi connectivity index (χ3n) is 4.58. The predicted molar refractivity (Wildman–Crippen MR) is 87.2 cm³/mol. The van der Waals surface area contributed by atoms with Crippen LogP contribution in [0.5, 0.6) is 0 Å². The quantitative estimate of drug-likeness (QED) is 0.592. The lowest BCUT2D eigenvalue weighted by atomic mass is 9.56. The fourth-order valence-corrected chi connectivity index (χ4v) is 5.08. The Hall–Kier alpha value is -0.136. The van der Waals surface area contributed by atoms with Crippen LogP contribution in [0.2, 0.25) is 13.1 Å². The standard InChI is InChI=1S/C15H30NO2Si2/c1-12(2,3)15(8)14(7,18-19-20(9)10)11(17)16(15)13(4,5)6/h1-10H3/t14?,15-/m1/s1. The summed E-state index contributed by atoms with van der Waals surface area (Å²) in [6.07, 6.45) is 0. The van der Waals surface area contributed by atoms with E-state index in [2.05, 4.69) is 61.6 Å². The van der Waals surface area contributed by atoms with E-state index in [0.717, 1.165) is 0 Å². The molecular formula is C15H30NO2Si2. The molecule has 115 valence electrons. The van der Waals surface area contributed by atoms with Gasteiger partial charge in [0.25, 0.3) is 5.91 Å². The van der Waals surface area contributed by atoms with Gasteiger partial charge in [-0.3, -0.25) is 4.79 Å². The third-order valence-corrected chi connectivity index (χ3v) is 7.03. The molecule has 3 radical (unpaired) electrons. The van der Waals surface area contributed by atoms with Crippen molar-refractivity contribution in [2.75, 3.05) is 0 Å². The lowest BCUT2D eigenvalue weighted by Crippen LogP contribution is -2.88. The van der Waals surface area contributed by atoms with Crippen LogP contribution in [0.25, 0.3) is 0 Å². The molecular weight excluding hydrogens is 282 g/mol. The zero-order valence-corrected chi connectivity index (χ0v) is 16.8. The SMILES string of the molecule is C[Si](C)[Si]OC1(C)C(=O)N(C(C)(C)C)[C@]1(C)C(C)(C)C. The van der Waals surface area contributed by atoms with Gasteiger partial charge in [-0.2, -0.15) is 0 Å². The largest absolute Gasteiger partial charge is 0.406 e. The van der Waals surface area contributed by atoms with Gasteiger partial charge < -0.3 is 9.33 Å². The van der Waals surface area contributed by atoms with Crippen LogP contribution in [-0.2, 0) is 9.22 Å². The second kappa shape index (κ2) is 4.95. The number of rotatable bonds is 3. The summed E-state index contributed by atoms with van der Waals surface area (Å²) in [5.74, 6) is 0.137. The Kier molecular flexibility index (Phi) is 4.44. The van der Waals surface area contributed by atoms with Gasteiger partial charge >= 0.3 is 0 Å². The Balaban J connectivity index is 3.23. The van der Waals surface area contributed by atoms with E-state index in [1.54, 1.807) is 0 Å². The van der Waals surface area contributed by atoms with Gasteiger partial charge in [0.2, 0.25) is 9.28 Å². The predicted octanol–water partition coefficient (Wildman–Crippen LogP) is 3.08. The molecule has 2 atom stereocenters. The Morgan fingerprint density at radius 1 is 1.10 bits per heavy atom. The van der Waals surface area contributed by atoms with Gasteiger partial charge in [-0.05, 0) is 40.0 Å². The molecule has 0 aromatic heterocycles. The van der Waals surface area contributed by atoms with Crippen LogP contribution >= 0.6 is 0 Å². The maximum Gasteiger partial charge on any atom is 0.256 e. The first-order chi connectivity index (χ1) is 8.69. The second-order valence-electron chi connectivity index (χ2n) is 8.37. The van der Waals surface area contributed by atoms with Gasteiger partial charge in [0.05, 0.1) is 13.9 Å². The number of amides is 1. The van der Waals surface area contributed by atoms with Crippen molar-refractivity contribution >= 4 is 23.5 Å². The van der Waals surface area contributed by atoms with Crippen LogP contribution in [0.15, 0.2) is 0 Å². The molecule has 1 amide bonds. The highest BCUT2D eigenvalue weighted by atomic mass is 29.2. The molecule has 1 aliphatic heterocycles. The molecule has 1 aliphatic rings. The minimum atomic E-state index is -0.696. The molecule has 0 N–H and O–H groups in total. The minimum Gasteiger partial charge on any atom is -0.406 e. The minimum absolute atomic E-state index is 0.0399. The first-order valence-corrected chi connectivity index (χ1v) is 11.7.